The van der Waals surface area contributed by atoms with Crippen LogP contribution in [0.3, 0.4) is 0 Å². The molecular formula is C10H12OS. The summed E-state index contributed by atoms with van der Waals surface area (Å²) in [5.41, 5.74) is -0.749. The standard InChI is InChI=1S/C10H12OS/c1-3-4-7-10(2,11)9-6-5-8-12-9/h1,5-6,8,11H,4,7H2,2H3. The Labute approximate surface area is 77.1 Å². The van der Waals surface area contributed by atoms with Gasteiger partial charge in [-0.2, -0.15) is 0 Å². The zero-order valence-electron chi connectivity index (χ0n) is 7.08. The summed E-state index contributed by atoms with van der Waals surface area (Å²) < 4.78 is 0. The molecule has 12 heavy (non-hydrogen) atoms. The van der Waals surface area contributed by atoms with Crippen LogP contribution in [0.4, 0.5) is 0 Å². The lowest BCUT2D eigenvalue weighted by Gasteiger charge is -2.20. The predicted molar refractivity (Wildman–Crippen MR) is 52.0 cm³/mol. The molecule has 64 valence electrons. The zero-order valence-corrected chi connectivity index (χ0v) is 7.90. The quantitative estimate of drug-likeness (QED) is 0.708. The lowest BCUT2D eigenvalue weighted by molar-refractivity contribution is 0.0532. The molecular weight excluding hydrogens is 168 g/mol. The summed E-state index contributed by atoms with van der Waals surface area (Å²) in [6.45, 7) is 1.80. The number of aliphatic hydroxyl groups is 1. The summed E-state index contributed by atoms with van der Waals surface area (Å²) in [5, 5.41) is 11.9. The van der Waals surface area contributed by atoms with Crippen molar-refractivity contribution in [1.29, 1.82) is 0 Å². The zero-order chi connectivity index (χ0) is 9.03. The van der Waals surface area contributed by atoms with Crippen molar-refractivity contribution in [3.63, 3.8) is 0 Å². The molecule has 0 spiro atoms. The van der Waals surface area contributed by atoms with Crippen LogP contribution in [-0.4, -0.2) is 5.11 Å². The van der Waals surface area contributed by atoms with E-state index in [1.165, 1.54) is 0 Å². The van der Waals surface area contributed by atoms with E-state index < -0.39 is 5.60 Å². The number of rotatable bonds is 3. The molecule has 0 aromatic carbocycles. The second-order valence-electron chi connectivity index (χ2n) is 2.96. The molecule has 1 aromatic heterocycles. The third kappa shape index (κ3) is 2.10. The SMILES string of the molecule is C#CCCC(C)(O)c1cccs1. The monoisotopic (exact) mass is 180 g/mol. The maximum atomic E-state index is 9.92. The van der Waals surface area contributed by atoms with Gasteiger partial charge in [0.15, 0.2) is 0 Å². The molecule has 0 fully saturated rings. The van der Waals surface area contributed by atoms with Gasteiger partial charge in [-0.15, -0.1) is 23.7 Å². The fourth-order valence-electron chi connectivity index (χ4n) is 1.02. The van der Waals surface area contributed by atoms with Gasteiger partial charge in [0.25, 0.3) is 0 Å². The van der Waals surface area contributed by atoms with Gasteiger partial charge in [-0.25, -0.2) is 0 Å². The van der Waals surface area contributed by atoms with Crippen LogP contribution in [0.15, 0.2) is 17.5 Å². The lowest BCUT2D eigenvalue weighted by atomic mass is 9.99. The first-order chi connectivity index (χ1) is 5.67. The Kier molecular flexibility index (Phi) is 2.91. The molecule has 2 heteroatoms. The maximum absolute atomic E-state index is 9.92. The normalized spacial score (nSPS) is 15.1. The van der Waals surface area contributed by atoms with Crippen molar-refractivity contribution < 1.29 is 5.11 Å². The van der Waals surface area contributed by atoms with E-state index in [1.54, 1.807) is 18.3 Å². The third-order valence-corrected chi connectivity index (χ3v) is 2.93. The molecule has 1 N–H and O–H groups in total. The summed E-state index contributed by atoms with van der Waals surface area (Å²) in [4.78, 5) is 0.984. The van der Waals surface area contributed by atoms with E-state index in [0.29, 0.717) is 12.8 Å². The minimum atomic E-state index is -0.749. The minimum Gasteiger partial charge on any atom is -0.385 e. The largest absolute Gasteiger partial charge is 0.385 e. The summed E-state index contributed by atoms with van der Waals surface area (Å²) >= 11 is 1.56. The van der Waals surface area contributed by atoms with Crippen LogP contribution in [0.5, 0.6) is 0 Å². The highest BCUT2D eigenvalue weighted by molar-refractivity contribution is 7.10. The molecule has 0 aliphatic rings. The molecule has 1 unspecified atom stereocenters. The Balaban J connectivity index is 2.67. The van der Waals surface area contributed by atoms with Crippen LogP contribution >= 0.6 is 11.3 Å². The number of thiophene rings is 1. The Morgan fingerprint density at radius 1 is 1.75 bits per heavy atom. The van der Waals surface area contributed by atoms with E-state index in [-0.39, 0.29) is 0 Å². The van der Waals surface area contributed by atoms with Gasteiger partial charge in [0.05, 0.1) is 5.60 Å². The Morgan fingerprint density at radius 3 is 3.00 bits per heavy atom. The maximum Gasteiger partial charge on any atom is 0.0968 e. The van der Waals surface area contributed by atoms with Crippen molar-refractivity contribution in [2.75, 3.05) is 0 Å². The average molecular weight is 180 g/mol. The second-order valence-corrected chi connectivity index (χ2v) is 3.90. The molecule has 1 aromatic rings. The molecule has 1 heterocycles. The van der Waals surface area contributed by atoms with Gasteiger partial charge in [-0.3, -0.25) is 0 Å². The lowest BCUT2D eigenvalue weighted by Crippen LogP contribution is -2.18. The van der Waals surface area contributed by atoms with Crippen LogP contribution in [0.2, 0.25) is 0 Å². The fraction of sp³-hybridized carbons (Fsp3) is 0.400. The van der Waals surface area contributed by atoms with E-state index in [4.69, 9.17) is 6.42 Å². The fourth-order valence-corrected chi connectivity index (χ4v) is 1.84. The highest BCUT2D eigenvalue weighted by atomic mass is 32.1. The van der Waals surface area contributed by atoms with E-state index in [9.17, 15) is 5.11 Å². The second kappa shape index (κ2) is 3.75. The van der Waals surface area contributed by atoms with Gasteiger partial charge in [-0.1, -0.05) is 6.07 Å². The first-order valence-electron chi connectivity index (χ1n) is 3.86. The Hall–Kier alpha value is -0.780. The van der Waals surface area contributed by atoms with Crippen LogP contribution < -0.4 is 0 Å². The Bertz CT molecular complexity index is 267. The van der Waals surface area contributed by atoms with Gasteiger partial charge < -0.3 is 5.11 Å². The van der Waals surface area contributed by atoms with Gasteiger partial charge >= 0.3 is 0 Å². The van der Waals surface area contributed by atoms with E-state index in [2.05, 4.69) is 5.92 Å². The molecule has 1 rings (SSSR count). The minimum absolute atomic E-state index is 0.616. The van der Waals surface area contributed by atoms with Crippen LogP contribution in [-0.2, 0) is 5.60 Å². The van der Waals surface area contributed by atoms with E-state index >= 15 is 0 Å². The Morgan fingerprint density at radius 2 is 2.50 bits per heavy atom. The molecule has 0 amide bonds. The molecule has 0 bridgehead atoms. The summed E-state index contributed by atoms with van der Waals surface area (Å²) in [6, 6.07) is 3.87. The van der Waals surface area contributed by atoms with E-state index in [0.717, 1.165) is 4.88 Å². The average Bonchev–Trinajstić information content (AvgIpc) is 2.53. The number of hydrogen-bond acceptors (Lipinski definition) is 2. The summed E-state index contributed by atoms with van der Waals surface area (Å²) in [6.07, 6.45) is 6.38. The third-order valence-electron chi connectivity index (χ3n) is 1.81. The molecule has 0 saturated carbocycles. The number of hydrogen-bond donors (Lipinski definition) is 1. The van der Waals surface area contributed by atoms with Crippen molar-refractivity contribution in [2.24, 2.45) is 0 Å². The first-order valence-corrected chi connectivity index (χ1v) is 4.74. The topological polar surface area (TPSA) is 20.2 Å². The molecule has 0 aliphatic carbocycles. The van der Waals surface area contributed by atoms with Gasteiger partial charge in [0.2, 0.25) is 0 Å². The molecule has 1 nitrogen and oxygen atoms in total. The first kappa shape index (κ1) is 9.31. The molecule has 0 radical (unpaired) electrons. The summed E-state index contributed by atoms with van der Waals surface area (Å²) in [7, 11) is 0. The molecule has 0 saturated heterocycles. The van der Waals surface area contributed by atoms with Crippen molar-refractivity contribution in [2.45, 2.75) is 25.4 Å². The van der Waals surface area contributed by atoms with E-state index in [1.807, 2.05) is 17.5 Å². The van der Waals surface area contributed by atoms with Crippen molar-refractivity contribution in [3.8, 4) is 12.3 Å². The van der Waals surface area contributed by atoms with Crippen molar-refractivity contribution >= 4 is 11.3 Å². The molecule has 0 aliphatic heterocycles. The van der Waals surface area contributed by atoms with Crippen LogP contribution in [0, 0.1) is 12.3 Å². The summed E-state index contributed by atoms with van der Waals surface area (Å²) in [5.74, 6) is 2.53. The smallest absolute Gasteiger partial charge is 0.0968 e. The van der Waals surface area contributed by atoms with Crippen LogP contribution in [0.1, 0.15) is 24.6 Å². The number of terminal acetylenes is 1. The van der Waals surface area contributed by atoms with Crippen molar-refractivity contribution in [1.82, 2.24) is 0 Å². The van der Waals surface area contributed by atoms with Crippen LogP contribution in [0.25, 0.3) is 0 Å². The molecule has 1 atom stereocenters. The highest BCUT2D eigenvalue weighted by Crippen LogP contribution is 2.29. The van der Waals surface area contributed by atoms with Gasteiger partial charge in [-0.05, 0) is 24.8 Å². The predicted octanol–water partition coefficient (Wildman–Crippen LogP) is 2.37. The highest BCUT2D eigenvalue weighted by Gasteiger charge is 2.22. The van der Waals surface area contributed by atoms with Gasteiger partial charge in [0.1, 0.15) is 0 Å². The van der Waals surface area contributed by atoms with Gasteiger partial charge in [0, 0.05) is 11.3 Å². The van der Waals surface area contributed by atoms with Crippen molar-refractivity contribution in [3.05, 3.63) is 22.4 Å².